The number of anilines is 2. The Balaban J connectivity index is 1.90. The average molecular weight is 461 g/mol. The number of carbonyl (C=O) groups is 4. The summed E-state index contributed by atoms with van der Waals surface area (Å²) in [7, 11) is 3.00. The number of likely N-dealkylation sites (N-methyl/N-ethyl adjacent to an activating group) is 2. The Morgan fingerprint density at radius 1 is 1.12 bits per heavy atom. The monoisotopic (exact) mass is 460 g/mol. The van der Waals surface area contributed by atoms with Gasteiger partial charge in [-0.15, -0.1) is 0 Å². The van der Waals surface area contributed by atoms with Gasteiger partial charge in [-0.3, -0.25) is 19.2 Å². The van der Waals surface area contributed by atoms with E-state index >= 15 is 0 Å². The number of para-hydroxylation sites is 2. The van der Waals surface area contributed by atoms with Gasteiger partial charge in [0.15, 0.2) is 5.78 Å². The predicted molar refractivity (Wildman–Crippen MR) is 127 cm³/mol. The first-order valence-corrected chi connectivity index (χ1v) is 12.4. The molecule has 32 heavy (non-hydrogen) atoms. The van der Waals surface area contributed by atoms with Crippen LogP contribution in [0, 0.1) is 5.92 Å². The zero-order valence-electron chi connectivity index (χ0n) is 18.9. The molecule has 1 aliphatic heterocycles. The van der Waals surface area contributed by atoms with Crippen molar-refractivity contribution < 1.29 is 19.2 Å². The number of nitrogens with one attached hydrogen (secondary N) is 1. The standard InChI is InChI=1S/C23H32N4O4S/c1-26-17-10-6-7-11-18(17)27(2)22(31)23(24,21(26)30)20(29)16(12-13-32-3)25-19(28)14-15-8-4-5-9-15/h6-7,10-11,15-16H,4-5,8-9,12-14,24H2,1-3H3,(H,25,28)/t16-/m0/s1. The molecule has 0 unspecified atom stereocenters. The molecular weight excluding hydrogens is 428 g/mol. The first-order chi connectivity index (χ1) is 15.2. The molecule has 0 saturated heterocycles. The van der Waals surface area contributed by atoms with Gasteiger partial charge in [0.2, 0.25) is 11.4 Å². The first kappa shape index (κ1) is 24.3. The maximum absolute atomic E-state index is 13.7. The highest BCUT2D eigenvalue weighted by Gasteiger charge is 2.56. The number of Topliss-reactive ketones (excluding diaryl/α,β-unsaturated/α-hetero) is 1. The van der Waals surface area contributed by atoms with E-state index in [4.69, 9.17) is 5.73 Å². The third kappa shape index (κ3) is 4.54. The van der Waals surface area contributed by atoms with Crippen molar-refractivity contribution in [1.82, 2.24) is 5.32 Å². The number of ketones is 1. The van der Waals surface area contributed by atoms with Crippen molar-refractivity contribution in [2.45, 2.75) is 50.1 Å². The maximum Gasteiger partial charge on any atom is 0.264 e. The normalized spacial score (nSPS) is 19.5. The molecule has 1 fully saturated rings. The molecule has 0 radical (unpaired) electrons. The molecule has 8 nitrogen and oxygen atoms in total. The van der Waals surface area contributed by atoms with E-state index in [1.54, 1.807) is 24.3 Å². The van der Waals surface area contributed by atoms with Crippen LogP contribution in [0.4, 0.5) is 11.4 Å². The van der Waals surface area contributed by atoms with Crippen LogP contribution in [-0.2, 0) is 19.2 Å². The van der Waals surface area contributed by atoms with E-state index in [2.05, 4.69) is 5.32 Å². The molecule has 1 atom stereocenters. The number of carbonyl (C=O) groups excluding carboxylic acids is 4. The van der Waals surface area contributed by atoms with Crippen LogP contribution in [0.2, 0.25) is 0 Å². The summed E-state index contributed by atoms with van der Waals surface area (Å²) < 4.78 is 0. The molecule has 1 aliphatic carbocycles. The molecule has 1 aromatic rings. The number of hydrogen-bond donors (Lipinski definition) is 2. The minimum atomic E-state index is -2.42. The third-order valence-electron chi connectivity index (χ3n) is 6.49. The maximum atomic E-state index is 13.7. The highest BCUT2D eigenvalue weighted by atomic mass is 32.2. The molecule has 2 aliphatic rings. The fourth-order valence-electron chi connectivity index (χ4n) is 4.59. The lowest BCUT2D eigenvalue weighted by Gasteiger charge is -2.31. The van der Waals surface area contributed by atoms with Crippen molar-refractivity contribution in [3.05, 3.63) is 24.3 Å². The summed E-state index contributed by atoms with van der Waals surface area (Å²) >= 11 is 1.51. The van der Waals surface area contributed by atoms with Crippen LogP contribution in [0.1, 0.15) is 38.5 Å². The SMILES string of the molecule is CSCC[C@H](NC(=O)CC1CCCC1)C(=O)C1(N)C(=O)N(C)c2ccccc2N(C)C1=O. The molecule has 174 valence electrons. The lowest BCUT2D eigenvalue weighted by atomic mass is 9.86. The Labute approximate surface area is 193 Å². The van der Waals surface area contributed by atoms with Crippen molar-refractivity contribution in [3.63, 3.8) is 0 Å². The summed E-state index contributed by atoms with van der Waals surface area (Å²) in [6, 6.07) is 5.87. The van der Waals surface area contributed by atoms with Crippen molar-refractivity contribution >= 4 is 46.6 Å². The largest absolute Gasteiger partial charge is 0.346 e. The molecule has 1 saturated carbocycles. The van der Waals surface area contributed by atoms with Crippen LogP contribution < -0.4 is 20.9 Å². The van der Waals surface area contributed by atoms with Crippen molar-refractivity contribution in [3.8, 4) is 0 Å². The summed E-state index contributed by atoms with van der Waals surface area (Å²) in [5.41, 5.74) is 4.92. The van der Waals surface area contributed by atoms with Crippen LogP contribution >= 0.6 is 11.8 Å². The number of nitrogens with two attached hydrogens (primary N) is 1. The van der Waals surface area contributed by atoms with E-state index in [1.807, 2.05) is 6.26 Å². The second-order valence-corrected chi connectivity index (χ2v) is 9.63. The van der Waals surface area contributed by atoms with Crippen molar-refractivity contribution in [1.29, 1.82) is 0 Å². The molecule has 0 aromatic heterocycles. The molecule has 3 N–H and O–H groups in total. The van der Waals surface area contributed by atoms with E-state index in [1.165, 1.54) is 35.7 Å². The Morgan fingerprint density at radius 3 is 2.16 bits per heavy atom. The molecular formula is C23H32N4O4S. The number of hydrogen-bond acceptors (Lipinski definition) is 6. The van der Waals surface area contributed by atoms with Gasteiger partial charge < -0.3 is 20.9 Å². The summed E-state index contributed by atoms with van der Waals surface area (Å²) in [5, 5.41) is 2.79. The lowest BCUT2D eigenvalue weighted by Crippen LogP contribution is -2.70. The van der Waals surface area contributed by atoms with Crippen LogP contribution in [0.15, 0.2) is 24.3 Å². The number of amides is 3. The molecule has 3 rings (SSSR count). The van der Waals surface area contributed by atoms with E-state index in [-0.39, 0.29) is 12.3 Å². The quantitative estimate of drug-likeness (QED) is 0.571. The molecule has 1 heterocycles. The van der Waals surface area contributed by atoms with Gasteiger partial charge in [0.25, 0.3) is 11.8 Å². The zero-order valence-corrected chi connectivity index (χ0v) is 19.7. The predicted octanol–water partition coefficient (Wildman–Crippen LogP) is 1.71. The number of benzene rings is 1. The first-order valence-electron chi connectivity index (χ1n) is 11.0. The van der Waals surface area contributed by atoms with Gasteiger partial charge in [-0.05, 0) is 49.3 Å². The van der Waals surface area contributed by atoms with E-state index in [0.717, 1.165) is 25.7 Å². The van der Waals surface area contributed by atoms with Crippen LogP contribution in [0.25, 0.3) is 0 Å². The summed E-state index contributed by atoms with van der Waals surface area (Å²) in [6.07, 6.45) is 6.75. The van der Waals surface area contributed by atoms with Gasteiger partial charge >= 0.3 is 0 Å². The van der Waals surface area contributed by atoms with Crippen LogP contribution in [0.5, 0.6) is 0 Å². The highest BCUT2D eigenvalue weighted by molar-refractivity contribution is 7.98. The Bertz CT molecular complexity index is 859. The minimum Gasteiger partial charge on any atom is -0.346 e. The number of thioether (sulfide) groups is 1. The molecule has 3 amide bonds. The number of rotatable bonds is 8. The van der Waals surface area contributed by atoms with Crippen molar-refractivity contribution in [2.75, 3.05) is 35.9 Å². The number of nitrogens with zero attached hydrogens (tertiary/aromatic N) is 2. The second-order valence-electron chi connectivity index (χ2n) is 8.65. The van der Waals surface area contributed by atoms with Gasteiger partial charge in [0, 0.05) is 20.5 Å². The molecule has 0 bridgehead atoms. The molecule has 1 aromatic carbocycles. The minimum absolute atomic E-state index is 0.238. The number of fused-ring (bicyclic) bond motifs is 1. The van der Waals surface area contributed by atoms with Gasteiger partial charge in [-0.1, -0.05) is 25.0 Å². The zero-order chi connectivity index (χ0) is 23.5. The van der Waals surface area contributed by atoms with Crippen molar-refractivity contribution in [2.24, 2.45) is 11.7 Å². The molecule has 9 heteroatoms. The van der Waals surface area contributed by atoms with Gasteiger partial charge in [-0.25, -0.2) is 0 Å². The van der Waals surface area contributed by atoms with Gasteiger partial charge in [0.05, 0.1) is 17.4 Å². The smallest absolute Gasteiger partial charge is 0.264 e. The van der Waals surface area contributed by atoms with Gasteiger partial charge in [0.1, 0.15) is 0 Å². The Kier molecular flexibility index (Phi) is 7.61. The Hall–Kier alpha value is -2.39. The van der Waals surface area contributed by atoms with Crippen LogP contribution in [-0.4, -0.2) is 61.2 Å². The second kappa shape index (κ2) is 10.0. The van der Waals surface area contributed by atoms with Gasteiger partial charge in [-0.2, -0.15) is 11.8 Å². The fourth-order valence-corrected chi connectivity index (χ4v) is 5.06. The fraction of sp³-hybridized carbons (Fsp3) is 0.565. The third-order valence-corrected chi connectivity index (χ3v) is 7.13. The van der Waals surface area contributed by atoms with E-state index in [9.17, 15) is 19.2 Å². The van der Waals surface area contributed by atoms with Crippen LogP contribution in [0.3, 0.4) is 0 Å². The van der Waals surface area contributed by atoms with E-state index < -0.39 is 29.2 Å². The molecule has 0 spiro atoms. The topological polar surface area (TPSA) is 113 Å². The highest BCUT2D eigenvalue weighted by Crippen LogP contribution is 2.34. The van der Waals surface area contributed by atoms with E-state index in [0.29, 0.717) is 29.5 Å². The average Bonchev–Trinajstić information content (AvgIpc) is 3.29. The summed E-state index contributed by atoms with van der Waals surface area (Å²) in [4.78, 5) is 55.6. The Morgan fingerprint density at radius 2 is 1.66 bits per heavy atom. The summed E-state index contributed by atoms with van der Waals surface area (Å²) in [5.74, 6) is -1.73. The summed E-state index contributed by atoms with van der Waals surface area (Å²) in [6.45, 7) is 0. The lowest BCUT2D eigenvalue weighted by molar-refractivity contribution is -0.143.